The van der Waals surface area contributed by atoms with E-state index in [9.17, 15) is 13.6 Å². The number of terminal acetylenes is 1. The Morgan fingerprint density at radius 1 is 1.46 bits per heavy atom. The van der Waals surface area contributed by atoms with E-state index in [4.69, 9.17) is 11.2 Å². The van der Waals surface area contributed by atoms with Crippen molar-refractivity contribution in [1.29, 1.82) is 0 Å². The Balaban J connectivity index is 2.11. The van der Waals surface area contributed by atoms with Crippen LogP contribution in [-0.4, -0.2) is 43.7 Å². The number of amides is 1. The van der Waals surface area contributed by atoms with Gasteiger partial charge in [0.15, 0.2) is 11.5 Å². The third-order valence-electron chi connectivity index (χ3n) is 3.86. The van der Waals surface area contributed by atoms with Gasteiger partial charge >= 0.3 is 6.61 Å². The Hall–Kier alpha value is -2.33. The van der Waals surface area contributed by atoms with Crippen molar-refractivity contribution in [2.45, 2.75) is 31.9 Å². The molecule has 5 nitrogen and oxygen atoms in total. The summed E-state index contributed by atoms with van der Waals surface area (Å²) in [5, 5.41) is 2.74. The highest BCUT2D eigenvalue weighted by atomic mass is 19.3. The van der Waals surface area contributed by atoms with Gasteiger partial charge in [-0.1, -0.05) is 12.3 Å². The van der Waals surface area contributed by atoms with Gasteiger partial charge < -0.3 is 14.8 Å². The fourth-order valence-corrected chi connectivity index (χ4v) is 2.76. The summed E-state index contributed by atoms with van der Waals surface area (Å²) in [5.41, 5.74) is 0.364. The molecule has 0 aliphatic carbocycles. The molecule has 1 amide bonds. The predicted molar refractivity (Wildman–Crippen MR) is 86.3 cm³/mol. The first kappa shape index (κ1) is 18.0. The molecule has 7 heteroatoms. The van der Waals surface area contributed by atoms with E-state index in [2.05, 4.69) is 16.0 Å². The third kappa shape index (κ3) is 4.59. The van der Waals surface area contributed by atoms with Crippen LogP contribution in [0, 0.1) is 12.3 Å². The Labute approximate surface area is 139 Å². The van der Waals surface area contributed by atoms with E-state index in [0.29, 0.717) is 18.7 Å². The maximum atomic E-state index is 12.5. The molecule has 0 aromatic heterocycles. The van der Waals surface area contributed by atoms with E-state index in [1.54, 1.807) is 6.07 Å². The van der Waals surface area contributed by atoms with E-state index in [-0.39, 0.29) is 23.4 Å². The number of likely N-dealkylation sites (tertiary alicyclic amines) is 1. The molecule has 130 valence electrons. The van der Waals surface area contributed by atoms with Crippen LogP contribution in [0.2, 0.25) is 0 Å². The van der Waals surface area contributed by atoms with Gasteiger partial charge in [-0.15, -0.1) is 6.42 Å². The van der Waals surface area contributed by atoms with Gasteiger partial charge in [-0.3, -0.25) is 9.69 Å². The van der Waals surface area contributed by atoms with Crippen molar-refractivity contribution in [3.63, 3.8) is 0 Å². The Bertz CT molecular complexity index is 616. The average Bonchev–Trinajstić information content (AvgIpc) is 2.55. The maximum Gasteiger partial charge on any atom is 0.387 e. The van der Waals surface area contributed by atoms with Crippen LogP contribution >= 0.6 is 0 Å². The van der Waals surface area contributed by atoms with E-state index in [1.165, 1.54) is 19.2 Å². The van der Waals surface area contributed by atoms with Gasteiger partial charge in [0.05, 0.1) is 19.7 Å². The molecular formula is C17H20F2N2O3. The summed E-state index contributed by atoms with van der Waals surface area (Å²) >= 11 is 0. The molecule has 2 rings (SSSR count). The van der Waals surface area contributed by atoms with Crippen molar-refractivity contribution in [2.24, 2.45) is 0 Å². The minimum absolute atomic E-state index is 0.130. The summed E-state index contributed by atoms with van der Waals surface area (Å²) in [7, 11) is 1.35. The van der Waals surface area contributed by atoms with Crippen LogP contribution in [-0.2, 0) is 4.79 Å². The van der Waals surface area contributed by atoms with Crippen LogP contribution in [0.5, 0.6) is 11.5 Å². The lowest BCUT2D eigenvalue weighted by Crippen LogP contribution is -2.47. The molecule has 0 spiro atoms. The zero-order valence-corrected chi connectivity index (χ0v) is 13.4. The summed E-state index contributed by atoms with van der Waals surface area (Å²) in [6.45, 7) is -1.81. The minimum Gasteiger partial charge on any atom is -0.493 e. The lowest BCUT2D eigenvalue weighted by molar-refractivity contribution is -0.122. The summed E-state index contributed by atoms with van der Waals surface area (Å²) in [5.74, 6) is 2.38. The Kier molecular flexibility index (Phi) is 6.38. The molecule has 0 radical (unpaired) electrons. The quantitative estimate of drug-likeness (QED) is 0.811. The fourth-order valence-electron chi connectivity index (χ4n) is 2.76. The number of piperidine rings is 1. The van der Waals surface area contributed by atoms with E-state index < -0.39 is 6.61 Å². The lowest BCUT2D eigenvalue weighted by atomic mass is 10.0. The number of hydrogen-bond donors (Lipinski definition) is 1. The van der Waals surface area contributed by atoms with Gasteiger partial charge in [0.2, 0.25) is 5.91 Å². The van der Waals surface area contributed by atoms with Gasteiger partial charge in [-0.05, 0) is 31.5 Å². The van der Waals surface area contributed by atoms with Crippen molar-refractivity contribution < 1.29 is 23.0 Å². The highest BCUT2D eigenvalue weighted by Crippen LogP contribution is 2.31. The van der Waals surface area contributed by atoms with Crippen LogP contribution in [0.25, 0.3) is 0 Å². The molecule has 1 saturated heterocycles. The van der Waals surface area contributed by atoms with E-state index in [0.717, 1.165) is 19.4 Å². The Morgan fingerprint density at radius 3 is 2.92 bits per heavy atom. The first-order chi connectivity index (χ1) is 11.5. The number of nitrogens with zero attached hydrogens (tertiary/aromatic N) is 1. The largest absolute Gasteiger partial charge is 0.493 e. The number of carbonyl (C=O) groups excluding carboxylic acids is 1. The number of benzene rings is 1. The number of methoxy groups -OCH3 is 1. The number of rotatable bonds is 6. The van der Waals surface area contributed by atoms with Gasteiger partial charge in [-0.25, -0.2) is 0 Å². The molecule has 1 N–H and O–H groups in total. The first-order valence-electron chi connectivity index (χ1n) is 7.66. The lowest BCUT2D eigenvalue weighted by Gasteiger charge is -2.33. The second kappa shape index (κ2) is 8.50. The van der Waals surface area contributed by atoms with Gasteiger partial charge in [0.25, 0.3) is 0 Å². The van der Waals surface area contributed by atoms with Gasteiger partial charge in [0, 0.05) is 11.8 Å². The number of halogens is 2. The monoisotopic (exact) mass is 338 g/mol. The zero-order valence-electron chi connectivity index (χ0n) is 13.4. The van der Waals surface area contributed by atoms with Crippen LogP contribution in [0.15, 0.2) is 18.2 Å². The SMILES string of the molecule is C#CCN1CCCCC1C(=O)Nc1ccc(OC)c(OC(F)F)c1. The number of ether oxygens (including phenoxy) is 2. The number of hydrogen-bond acceptors (Lipinski definition) is 4. The van der Waals surface area contributed by atoms with Crippen molar-refractivity contribution in [2.75, 3.05) is 25.5 Å². The highest BCUT2D eigenvalue weighted by Gasteiger charge is 2.28. The zero-order chi connectivity index (χ0) is 17.5. The maximum absolute atomic E-state index is 12.5. The van der Waals surface area contributed by atoms with E-state index in [1.807, 2.05) is 4.90 Å². The summed E-state index contributed by atoms with van der Waals surface area (Å²) in [4.78, 5) is 14.4. The molecule has 0 bridgehead atoms. The van der Waals surface area contributed by atoms with Crippen LogP contribution in [0.3, 0.4) is 0 Å². The van der Waals surface area contributed by atoms with Crippen LogP contribution in [0.4, 0.5) is 14.5 Å². The molecule has 1 aromatic carbocycles. The fraction of sp³-hybridized carbons (Fsp3) is 0.471. The number of carbonyl (C=O) groups is 1. The second-order valence-corrected chi connectivity index (χ2v) is 5.42. The van der Waals surface area contributed by atoms with Crippen molar-refractivity contribution in [3.8, 4) is 23.8 Å². The Morgan fingerprint density at radius 2 is 2.25 bits per heavy atom. The summed E-state index contributed by atoms with van der Waals surface area (Å²) < 4.78 is 34.3. The molecule has 1 unspecified atom stereocenters. The molecule has 0 saturated carbocycles. The van der Waals surface area contributed by atoms with Gasteiger partial charge in [-0.2, -0.15) is 8.78 Å². The molecule has 1 heterocycles. The van der Waals surface area contributed by atoms with Crippen molar-refractivity contribution >= 4 is 11.6 Å². The molecule has 1 atom stereocenters. The van der Waals surface area contributed by atoms with Crippen molar-refractivity contribution in [1.82, 2.24) is 4.90 Å². The topological polar surface area (TPSA) is 50.8 Å². The number of anilines is 1. The van der Waals surface area contributed by atoms with Gasteiger partial charge in [0.1, 0.15) is 0 Å². The average molecular weight is 338 g/mol. The van der Waals surface area contributed by atoms with Crippen LogP contribution < -0.4 is 14.8 Å². The normalized spacial score (nSPS) is 18.0. The highest BCUT2D eigenvalue weighted by molar-refractivity contribution is 5.95. The molecule has 24 heavy (non-hydrogen) atoms. The molecule has 1 aliphatic heterocycles. The van der Waals surface area contributed by atoms with Crippen LogP contribution in [0.1, 0.15) is 19.3 Å². The number of alkyl halides is 2. The molecule has 1 aliphatic rings. The predicted octanol–water partition coefficient (Wildman–Crippen LogP) is 2.72. The molecule has 1 fully saturated rings. The van der Waals surface area contributed by atoms with E-state index >= 15 is 0 Å². The molecule has 1 aromatic rings. The second-order valence-electron chi connectivity index (χ2n) is 5.42. The molecular weight excluding hydrogens is 318 g/mol. The third-order valence-corrected chi connectivity index (χ3v) is 3.86. The summed E-state index contributed by atoms with van der Waals surface area (Å²) in [6, 6.07) is 4.03. The first-order valence-corrected chi connectivity index (χ1v) is 7.66. The number of nitrogens with one attached hydrogen (secondary N) is 1. The minimum atomic E-state index is -2.98. The van der Waals surface area contributed by atoms with Crippen molar-refractivity contribution in [3.05, 3.63) is 18.2 Å². The summed E-state index contributed by atoms with van der Waals surface area (Å²) in [6.07, 6.45) is 8.01. The smallest absolute Gasteiger partial charge is 0.387 e. The standard InChI is InChI=1S/C17H20F2N2O3/c1-3-9-21-10-5-4-6-13(21)16(22)20-12-7-8-14(23-2)15(11-12)24-17(18)19/h1,7-8,11,13,17H,4-6,9-10H2,2H3,(H,20,22).